The first-order chi connectivity index (χ1) is 16.2. The second-order valence-electron chi connectivity index (χ2n) is 7.61. The van der Waals surface area contributed by atoms with Crippen LogP contribution in [0, 0.1) is 0 Å². The van der Waals surface area contributed by atoms with Gasteiger partial charge in [0.25, 0.3) is 0 Å². The van der Waals surface area contributed by atoms with Gasteiger partial charge in [-0.1, -0.05) is 23.4 Å². The highest BCUT2D eigenvalue weighted by Crippen LogP contribution is 2.27. The Morgan fingerprint density at radius 1 is 1.26 bits per heavy atom. The van der Waals surface area contributed by atoms with E-state index in [4.69, 9.17) is 16.3 Å². The number of carbonyl (C=O) groups is 1. The largest absolute Gasteiger partial charge is 0.572 e. The number of anilines is 1. The summed E-state index contributed by atoms with van der Waals surface area (Å²) in [6, 6.07) is 6.77. The van der Waals surface area contributed by atoms with Gasteiger partial charge in [-0.05, 0) is 60.6 Å². The first kappa shape index (κ1) is 23.5. The monoisotopic (exact) mass is 488 g/mol. The molecular weight excluding hydrogens is 469 g/mol. The lowest BCUT2D eigenvalue weighted by molar-refractivity contribution is -0.306. The Balaban J connectivity index is 1.58. The van der Waals surface area contributed by atoms with Crippen molar-refractivity contribution < 1.29 is 27.4 Å². The van der Waals surface area contributed by atoms with Gasteiger partial charge in [0, 0.05) is 35.1 Å². The molecule has 34 heavy (non-hydrogen) atoms. The number of halogens is 4. The minimum Gasteiger partial charge on any atom is -0.465 e. The molecule has 0 saturated heterocycles. The van der Waals surface area contributed by atoms with Crippen LogP contribution < -0.4 is 15.9 Å². The maximum Gasteiger partial charge on any atom is 0.572 e. The molecule has 1 aromatic carbocycles. The summed E-state index contributed by atoms with van der Waals surface area (Å²) >= 11 is 6.03. The number of methoxy groups -OCH3 is 1. The Labute approximate surface area is 198 Å². The van der Waals surface area contributed by atoms with E-state index in [1.807, 2.05) is 29.0 Å². The summed E-state index contributed by atoms with van der Waals surface area (Å²) in [4.78, 5) is 12.1. The zero-order valence-corrected chi connectivity index (χ0v) is 18.8. The Hall–Kier alpha value is -3.61. The molecule has 1 N–H and O–H groups in total. The number of hydrogen-bond donors (Lipinski definition) is 1. The topological polar surface area (TPSA) is 52.5 Å². The van der Waals surface area contributed by atoms with E-state index in [-0.39, 0.29) is 12.2 Å². The maximum absolute atomic E-state index is 12.6. The molecule has 0 fully saturated rings. The smallest absolute Gasteiger partial charge is 0.465 e. The summed E-state index contributed by atoms with van der Waals surface area (Å²) in [5, 5.41) is 5.25. The van der Waals surface area contributed by atoms with E-state index in [2.05, 4.69) is 15.8 Å². The van der Waals surface area contributed by atoms with Gasteiger partial charge < -0.3 is 19.4 Å². The van der Waals surface area contributed by atoms with Crippen LogP contribution in [0.5, 0.6) is 0 Å². The minimum absolute atomic E-state index is 0.0909. The lowest BCUT2D eigenvalue weighted by atomic mass is 10.1. The summed E-state index contributed by atoms with van der Waals surface area (Å²) in [7, 11) is 1.30. The van der Waals surface area contributed by atoms with Crippen LogP contribution >= 0.6 is 11.6 Å². The number of nitrogens with zero attached hydrogens (tertiary/aromatic N) is 1. The number of alkyl halides is 3. The second-order valence-corrected chi connectivity index (χ2v) is 8.04. The third kappa shape index (κ3) is 5.65. The average molecular weight is 489 g/mol. The normalized spacial score (nSPS) is 15.0. The van der Waals surface area contributed by atoms with E-state index in [1.165, 1.54) is 19.3 Å². The molecule has 176 valence electrons. The number of benzene rings is 1. The number of allylic oxidation sites excluding steroid dienone is 7. The minimum atomic E-state index is -4.70. The lowest BCUT2D eigenvalue weighted by Crippen LogP contribution is -2.28. The molecule has 5 nitrogen and oxygen atoms in total. The summed E-state index contributed by atoms with van der Waals surface area (Å²) in [5.74, 6) is -0.609. The van der Waals surface area contributed by atoms with Gasteiger partial charge in [0.2, 0.25) is 0 Å². The number of nitrogens with one attached hydrogen (secondary N) is 1. The van der Waals surface area contributed by atoms with Gasteiger partial charge in [-0.3, -0.25) is 0 Å². The number of carbonyl (C=O) groups excluding carboxylic acids is 1. The van der Waals surface area contributed by atoms with Crippen LogP contribution in [-0.2, 0) is 16.0 Å². The van der Waals surface area contributed by atoms with Gasteiger partial charge in [0.1, 0.15) is 5.76 Å². The summed E-state index contributed by atoms with van der Waals surface area (Å²) in [5.41, 5.74) is 5.46. The SMILES string of the molecule is COC(=O)c1cc(Cl)ccc1NC1=CC=C=c2c(ccn2CC2=CCCC(OC(F)(F)F)=C2)=C1. The molecule has 0 bridgehead atoms. The third-order valence-electron chi connectivity index (χ3n) is 5.20. The zero-order chi connectivity index (χ0) is 24.3. The summed E-state index contributed by atoms with van der Waals surface area (Å²) < 4.78 is 48.5. The van der Waals surface area contributed by atoms with Crippen molar-refractivity contribution in [2.45, 2.75) is 25.7 Å². The van der Waals surface area contributed by atoms with Crippen LogP contribution in [0.2, 0.25) is 5.02 Å². The van der Waals surface area contributed by atoms with Gasteiger partial charge in [-0.2, -0.15) is 0 Å². The molecule has 0 amide bonds. The molecule has 0 radical (unpaired) electrons. The van der Waals surface area contributed by atoms with E-state index in [0.29, 0.717) is 34.9 Å². The molecule has 1 aromatic heterocycles. The molecule has 0 aliphatic heterocycles. The predicted octanol–water partition coefficient (Wildman–Crippen LogP) is 4.79. The molecule has 1 heterocycles. The fourth-order valence-electron chi connectivity index (χ4n) is 3.74. The Morgan fingerprint density at radius 3 is 2.85 bits per heavy atom. The number of esters is 1. The average Bonchev–Trinajstić information content (AvgIpc) is 3.02. The molecule has 9 heteroatoms. The Morgan fingerprint density at radius 2 is 2.09 bits per heavy atom. The van der Waals surface area contributed by atoms with Crippen LogP contribution in [0.3, 0.4) is 0 Å². The third-order valence-corrected chi connectivity index (χ3v) is 5.43. The van der Waals surface area contributed by atoms with Crippen molar-refractivity contribution in [1.29, 1.82) is 0 Å². The van der Waals surface area contributed by atoms with Gasteiger partial charge in [-0.15, -0.1) is 13.2 Å². The molecular formula is C25H20ClF3N2O3. The van der Waals surface area contributed by atoms with Crippen LogP contribution in [0.25, 0.3) is 11.8 Å². The first-order valence-corrected chi connectivity index (χ1v) is 10.7. The van der Waals surface area contributed by atoms with E-state index < -0.39 is 12.3 Å². The Kier molecular flexibility index (Phi) is 6.72. The van der Waals surface area contributed by atoms with Gasteiger partial charge in [0.05, 0.1) is 23.7 Å². The summed E-state index contributed by atoms with van der Waals surface area (Å²) in [6.07, 6.45) is 6.61. The number of fused-ring (bicyclic) bond motifs is 1. The Bertz CT molecular complexity index is 1380. The molecule has 2 aliphatic carbocycles. The van der Waals surface area contributed by atoms with Crippen LogP contribution in [0.1, 0.15) is 23.2 Å². The van der Waals surface area contributed by atoms with Crippen molar-refractivity contribution in [3.63, 3.8) is 0 Å². The number of ether oxygens (including phenoxy) is 2. The highest BCUT2D eigenvalue weighted by Gasteiger charge is 2.32. The van der Waals surface area contributed by atoms with Crippen LogP contribution in [0.15, 0.2) is 71.8 Å². The van der Waals surface area contributed by atoms with Gasteiger partial charge in [0.15, 0.2) is 0 Å². The van der Waals surface area contributed by atoms with Crippen molar-refractivity contribution in [1.82, 2.24) is 4.57 Å². The second kappa shape index (κ2) is 9.71. The van der Waals surface area contributed by atoms with E-state index in [1.54, 1.807) is 24.3 Å². The van der Waals surface area contributed by atoms with E-state index in [0.717, 1.165) is 16.1 Å². The highest BCUT2D eigenvalue weighted by atomic mass is 35.5. The van der Waals surface area contributed by atoms with Crippen LogP contribution in [0.4, 0.5) is 18.9 Å². The van der Waals surface area contributed by atoms with Gasteiger partial charge >= 0.3 is 12.3 Å². The van der Waals surface area contributed by atoms with E-state index >= 15 is 0 Å². The van der Waals surface area contributed by atoms with Crippen molar-refractivity contribution in [2.75, 3.05) is 12.4 Å². The fourth-order valence-corrected chi connectivity index (χ4v) is 3.91. The highest BCUT2D eigenvalue weighted by molar-refractivity contribution is 6.31. The molecule has 4 rings (SSSR count). The predicted molar refractivity (Wildman–Crippen MR) is 123 cm³/mol. The zero-order valence-electron chi connectivity index (χ0n) is 18.1. The number of rotatable bonds is 6. The molecule has 0 saturated carbocycles. The van der Waals surface area contributed by atoms with Crippen molar-refractivity contribution >= 4 is 35.1 Å². The molecule has 2 aromatic rings. The molecule has 2 aliphatic rings. The molecule has 0 spiro atoms. The standard InChI is InChI=1S/C25H20ClF3N2O3/c1-33-24(32)21-14-18(26)8-9-22(21)30-19-5-3-7-23-17(13-19)10-11-31(23)15-16-4-2-6-20(12-16)34-25(27,28)29/h3-5,8-14,30H,2,6,15H2,1H3. The summed E-state index contributed by atoms with van der Waals surface area (Å²) in [6.45, 7) is 0.376. The quantitative estimate of drug-likeness (QED) is 0.594. The molecule has 0 atom stereocenters. The van der Waals surface area contributed by atoms with E-state index in [9.17, 15) is 18.0 Å². The van der Waals surface area contributed by atoms with Gasteiger partial charge in [-0.25, -0.2) is 4.79 Å². The van der Waals surface area contributed by atoms with Crippen LogP contribution in [-0.4, -0.2) is 24.0 Å². The first-order valence-electron chi connectivity index (χ1n) is 10.4. The van der Waals surface area contributed by atoms with Crippen molar-refractivity contribution in [2.24, 2.45) is 0 Å². The van der Waals surface area contributed by atoms with Crippen molar-refractivity contribution in [3.05, 3.63) is 92.9 Å². The number of aromatic nitrogens is 1. The fraction of sp³-hybridized carbons (Fsp3) is 0.200. The lowest BCUT2D eigenvalue weighted by Gasteiger charge is -2.17. The molecule has 0 unspecified atom stereocenters. The van der Waals surface area contributed by atoms with Crippen molar-refractivity contribution in [3.8, 4) is 0 Å². The maximum atomic E-state index is 12.6. The number of hydrogen-bond acceptors (Lipinski definition) is 4.